The lowest BCUT2D eigenvalue weighted by Gasteiger charge is -2.31. The fourth-order valence-corrected chi connectivity index (χ4v) is 11.4. The van der Waals surface area contributed by atoms with E-state index < -0.39 is 0 Å². The van der Waals surface area contributed by atoms with Gasteiger partial charge in [-0.25, -0.2) is 0 Å². The third-order valence-corrected chi connectivity index (χ3v) is 14.5. The summed E-state index contributed by atoms with van der Waals surface area (Å²) < 4.78 is 0. The van der Waals surface area contributed by atoms with Gasteiger partial charge in [-0.1, -0.05) is 224 Å². The predicted molar refractivity (Wildman–Crippen MR) is 285 cm³/mol. The summed E-state index contributed by atoms with van der Waals surface area (Å²) in [6.45, 7) is 2.41. The zero-order chi connectivity index (χ0) is 44.5. The summed E-state index contributed by atoms with van der Waals surface area (Å²) in [7, 11) is 0. The Morgan fingerprint density at radius 3 is 1.57 bits per heavy atom. The van der Waals surface area contributed by atoms with Gasteiger partial charge in [-0.05, 0) is 131 Å². The van der Waals surface area contributed by atoms with Crippen molar-refractivity contribution in [3.63, 3.8) is 0 Å². The van der Waals surface area contributed by atoms with Crippen molar-refractivity contribution in [2.24, 2.45) is 0 Å². The van der Waals surface area contributed by atoms with E-state index >= 15 is 0 Å². The smallest absolute Gasteiger partial charge is 0.0546 e. The van der Waals surface area contributed by atoms with Crippen molar-refractivity contribution in [1.29, 1.82) is 0 Å². The molecular formula is C66H45N. The van der Waals surface area contributed by atoms with Crippen LogP contribution < -0.4 is 4.90 Å². The molecule has 1 unspecified atom stereocenters. The van der Waals surface area contributed by atoms with E-state index in [2.05, 4.69) is 267 Å². The van der Waals surface area contributed by atoms with Gasteiger partial charge < -0.3 is 4.90 Å². The second kappa shape index (κ2) is 15.6. The van der Waals surface area contributed by atoms with Crippen LogP contribution in [0.4, 0.5) is 17.1 Å². The molecule has 0 N–H and O–H groups in total. The van der Waals surface area contributed by atoms with E-state index in [0.717, 1.165) is 22.6 Å². The summed E-state index contributed by atoms with van der Waals surface area (Å²) in [5.74, 6) is 0. The van der Waals surface area contributed by atoms with E-state index in [1.54, 1.807) is 0 Å². The third-order valence-electron chi connectivity index (χ3n) is 14.5. The first kappa shape index (κ1) is 38.9. The second-order valence-corrected chi connectivity index (χ2v) is 18.1. The minimum absolute atomic E-state index is 0.341. The third kappa shape index (κ3) is 6.09. The van der Waals surface area contributed by atoms with Crippen molar-refractivity contribution >= 4 is 60.2 Å². The van der Waals surface area contributed by atoms with E-state index in [1.165, 1.54) is 98.7 Å². The minimum Gasteiger partial charge on any atom is -0.309 e. The second-order valence-electron chi connectivity index (χ2n) is 18.1. The Morgan fingerprint density at radius 2 is 0.821 bits per heavy atom. The first-order valence-electron chi connectivity index (χ1n) is 23.3. The van der Waals surface area contributed by atoms with Crippen LogP contribution in [0.15, 0.2) is 255 Å². The van der Waals surface area contributed by atoms with Gasteiger partial charge in [0.25, 0.3) is 0 Å². The van der Waals surface area contributed by atoms with Gasteiger partial charge >= 0.3 is 0 Å². The molecule has 1 heteroatoms. The Balaban J connectivity index is 1.08. The first-order chi connectivity index (χ1) is 33.1. The number of nitrogens with zero attached hydrogens (tertiary/aromatic N) is 1. The maximum Gasteiger partial charge on any atom is 0.0546 e. The van der Waals surface area contributed by atoms with Crippen molar-refractivity contribution in [3.8, 4) is 44.5 Å². The fraction of sp³-hybridized carbons (Fsp3) is 0.0303. The lowest BCUT2D eigenvalue weighted by Crippen LogP contribution is -2.22. The summed E-state index contributed by atoms with van der Waals surface area (Å²) in [6, 6.07) is 94.3. The van der Waals surface area contributed by atoms with Gasteiger partial charge in [0.15, 0.2) is 0 Å². The van der Waals surface area contributed by atoms with Crippen molar-refractivity contribution in [2.75, 3.05) is 4.90 Å². The monoisotopic (exact) mass is 851 g/mol. The fourth-order valence-electron chi connectivity index (χ4n) is 11.4. The van der Waals surface area contributed by atoms with Gasteiger partial charge in [-0.15, -0.1) is 0 Å². The Hall–Kier alpha value is -8.52. The molecule has 1 atom stereocenters. The molecule has 0 amide bonds. The molecule has 1 aliphatic carbocycles. The molecule has 314 valence electrons. The largest absolute Gasteiger partial charge is 0.309 e. The molecule has 0 saturated carbocycles. The van der Waals surface area contributed by atoms with Crippen LogP contribution in [0.3, 0.4) is 0 Å². The summed E-state index contributed by atoms with van der Waals surface area (Å²) >= 11 is 0. The molecule has 0 aromatic heterocycles. The highest BCUT2D eigenvalue weighted by atomic mass is 15.1. The van der Waals surface area contributed by atoms with Crippen LogP contribution in [0.1, 0.15) is 23.6 Å². The molecule has 1 nitrogen and oxygen atoms in total. The molecule has 13 rings (SSSR count). The SMILES string of the molecule is CC1(c2ccccc2)c2ccccc2-c2c(N(c3cccc(-c4ccc5c(c4)c(-c4ccccc4)c(-c4ccccc4)c4ccccc45)c3)c3cc4ccccc4c4ccccc34)cccc21. The Bertz CT molecular complexity index is 3870. The van der Waals surface area contributed by atoms with Gasteiger partial charge in [0.1, 0.15) is 0 Å². The lowest BCUT2D eigenvalue weighted by molar-refractivity contribution is 0.714. The van der Waals surface area contributed by atoms with Gasteiger partial charge in [0, 0.05) is 22.1 Å². The average Bonchev–Trinajstić information content (AvgIpc) is 3.68. The van der Waals surface area contributed by atoms with Crippen LogP contribution >= 0.6 is 0 Å². The molecule has 12 aromatic carbocycles. The first-order valence-corrected chi connectivity index (χ1v) is 23.3. The minimum atomic E-state index is -0.341. The van der Waals surface area contributed by atoms with E-state index in [9.17, 15) is 0 Å². The van der Waals surface area contributed by atoms with Crippen LogP contribution in [0.2, 0.25) is 0 Å². The maximum absolute atomic E-state index is 2.54. The van der Waals surface area contributed by atoms with E-state index in [0.29, 0.717) is 0 Å². The van der Waals surface area contributed by atoms with Crippen molar-refractivity contribution in [3.05, 3.63) is 271 Å². The zero-order valence-electron chi connectivity index (χ0n) is 37.2. The Labute approximate surface area is 391 Å². The highest BCUT2D eigenvalue weighted by Gasteiger charge is 2.42. The zero-order valence-corrected chi connectivity index (χ0v) is 37.2. The molecule has 0 heterocycles. The normalized spacial score (nSPS) is 14.1. The molecule has 0 bridgehead atoms. The van der Waals surface area contributed by atoms with Crippen LogP contribution in [-0.2, 0) is 5.41 Å². The molecule has 0 saturated heterocycles. The topological polar surface area (TPSA) is 3.24 Å². The molecule has 67 heavy (non-hydrogen) atoms. The number of fused-ring (bicyclic) bond motifs is 9. The van der Waals surface area contributed by atoms with Gasteiger partial charge in [-0.3, -0.25) is 0 Å². The summed E-state index contributed by atoms with van der Waals surface area (Å²) in [6.07, 6.45) is 0. The number of rotatable bonds is 7. The molecular weight excluding hydrogens is 807 g/mol. The molecule has 12 aromatic rings. The number of anilines is 3. The molecule has 1 aliphatic rings. The molecule has 0 aliphatic heterocycles. The van der Waals surface area contributed by atoms with Crippen LogP contribution in [0.25, 0.3) is 87.6 Å². The van der Waals surface area contributed by atoms with E-state index in [1.807, 2.05) is 0 Å². The molecule has 0 fully saturated rings. The highest BCUT2D eigenvalue weighted by molar-refractivity contribution is 6.22. The standard InChI is InChI=1S/C66H45N/c1-66(49-27-9-4-10-28-49)59-36-18-17-35-57(59)65-60(66)37-20-38-61(65)67(62-43-48-25-11-12-30-51(48)52-31-13-15-33-55(52)62)50-29-19-26-46(41-50)47-39-40-54-53-32-14-16-34-56(53)63(44-21-5-2-6-22-44)64(58(54)42-47)45-23-7-3-8-24-45/h2-43H,1H3. The quantitative estimate of drug-likeness (QED) is 0.144. The Morgan fingerprint density at radius 1 is 0.299 bits per heavy atom. The maximum atomic E-state index is 2.54. The predicted octanol–water partition coefficient (Wildman–Crippen LogP) is 18.1. The van der Waals surface area contributed by atoms with Crippen molar-refractivity contribution in [1.82, 2.24) is 0 Å². The Kier molecular flexibility index (Phi) is 9.05. The van der Waals surface area contributed by atoms with Crippen LogP contribution in [-0.4, -0.2) is 0 Å². The van der Waals surface area contributed by atoms with Crippen LogP contribution in [0.5, 0.6) is 0 Å². The number of hydrogen-bond donors (Lipinski definition) is 0. The molecule has 0 spiro atoms. The lowest BCUT2D eigenvalue weighted by atomic mass is 9.74. The van der Waals surface area contributed by atoms with E-state index in [4.69, 9.17) is 0 Å². The van der Waals surface area contributed by atoms with Gasteiger partial charge in [0.05, 0.1) is 11.4 Å². The van der Waals surface area contributed by atoms with Crippen LogP contribution in [0, 0.1) is 0 Å². The van der Waals surface area contributed by atoms with E-state index in [-0.39, 0.29) is 5.41 Å². The summed E-state index contributed by atoms with van der Waals surface area (Å²) in [5.41, 5.74) is 16.8. The highest BCUT2D eigenvalue weighted by Crippen LogP contribution is 2.57. The van der Waals surface area contributed by atoms with Crippen molar-refractivity contribution < 1.29 is 0 Å². The molecule has 0 radical (unpaired) electrons. The average molecular weight is 852 g/mol. The van der Waals surface area contributed by atoms with Gasteiger partial charge in [-0.2, -0.15) is 0 Å². The summed E-state index contributed by atoms with van der Waals surface area (Å²) in [4.78, 5) is 2.54. The number of benzene rings is 12. The van der Waals surface area contributed by atoms with Crippen molar-refractivity contribution in [2.45, 2.75) is 12.3 Å². The number of hydrogen-bond acceptors (Lipinski definition) is 1. The van der Waals surface area contributed by atoms with Gasteiger partial charge in [0.2, 0.25) is 0 Å². The summed E-state index contributed by atoms with van der Waals surface area (Å²) in [5, 5.41) is 9.91.